The number of carboxylic acid groups (broad SMARTS) is 1. The van der Waals surface area contributed by atoms with Gasteiger partial charge in [0.1, 0.15) is 5.69 Å². The number of hydrogen-bond donors (Lipinski definition) is 3. The van der Waals surface area contributed by atoms with Gasteiger partial charge in [-0.05, 0) is 11.6 Å². The Morgan fingerprint density at radius 1 is 1.32 bits per heavy atom. The molecule has 0 aromatic carbocycles. The smallest absolute Gasteiger partial charge is 0.354 e. The van der Waals surface area contributed by atoms with Gasteiger partial charge in [-0.2, -0.15) is 0 Å². The zero-order valence-corrected chi connectivity index (χ0v) is 10.5. The number of thiazole rings is 1. The summed E-state index contributed by atoms with van der Waals surface area (Å²) in [5.74, 6) is -1.08. The Balaban J connectivity index is 1.84. The van der Waals surface area contributed by atoms with Gasteiger partial charge >= 0.3 is 12.0 Å². The number of pyridine rings is 1. The van der Waals surface area contributed by atoms with E-state index in [4.69, 9.17) is 5.11 Å². The van der Waals surface area contributed by atoms with E-state index in [0.717, 1.165) is 0 Å². The second-order valence-corrected chi connectivity index (χ2v) is 4.40. The highest BCUT2D eigenvalue weighted by molar-refractivity contribution is 7.13. The van der Waals surface area contributed by atoms with Crippen LogP contribution >= 0.6 is 11.3 Å². The summed E-state index contributed by atoms with van der Waals surface area (Å²) in [5, 5.41) is 16.1. The number of nitrogens with one attached hydrogen (secondary N) is 2. The minimum absolute atomic E-state index is 0.0315. The number of amides is 2. The minimum atomic E-state index is -1.08. The molecular weight excluding hydrogens is 268 g/mol. The number of nitrogens with zero attached hydrogens (tertiary/aromatic N) is 2. The van der Waals surface area contributed by atoms with Crippen LogP contribution in [0.2, 0.25) is 0 Å². The van der Waals surface area contributed by atoms with E-state index in [1.54, 1.807) is 17.6 Å². The number of aromatic nitrogens is 2. The van der Waals surface area contributed by atoms with Crippen molar-refractivity contribution in [3.8, 4) is 0 Å². The number of anilines is 1. The quantitative estimate of drug-likeness (QED) is 0.787. The van der Waals surface area contributed by atoms with Crippen LogP contribution in [-0.4, -0.2) is 27.1 Å². The lowest BCUT2D eigenvalue weighted by atomic mass is 10.2. The summed E-state index contributed by atoms with van der Waals surface area (Å²) in [4.78, 5) is 29.8. The van der Waals surface area contributed by atoms with E-state index in [1.807, 2.05) is 0 Å². The van der Waals surface area contributed by atoms with Crippen molar-refractivity contribution in [2.45, 2.75) is 6.54 Å². The number of rotatable bonds is 4. The van der Waals surface area contributed by atoms with Crippen molar-refractivity contribution < 1.29 is 14.7 Å². The fraction of sp³-hybridized carbons (Fsp3) is 0.0909. The molecule has 8 heteroatoms. The molecule has 2 aromatic heterocycles. The maximum atomic E-state index is 11.5. The summed E-state index contributed by atoms with van der Waals surface area (Å²) in [7, 11) is 0. The molecule has 0 saturated heterocycles. The van der Waals surface area contributed by atoms with E-state index in [-0.39, 0.29) is 18.3 Å². The summed E-state index contributed by atoms with van der Waals surface area (Å²) in [6.07, 6.45) is 3.00. The zero-order chi connectivity index (χ0) is 13.7. The third-order valence-corrected chi connectivity index (χ3v) is 2.84. The van der Waals surface area contributed by atoms with Crippen LogP contribution in [0.5, 0.6) is 0 Å². The highest BCUT2D eigenvalue weighted by Crippen LogP contribution is 2.09. The molecule has 0 fully saturated rings. The average Bonchev–Trinajstić information content (AvgIpc) is 2.89. The van der Waals surface area contributed by atoms with E-state index < -0.39 is 5.97 Å². The van der Waals surface area contributed by atoms with E-state index in [1.165, 1.54) is 23.6 Å². The van der Waals surface area contributed by atoms with Gasteiger partial charge in [-0.1, -0.05) is 6.07 Å². The molecule has 98 valence electrons. The van der Waals surface area contributed by atoms with E-state index in [0.29, 0.717) is 10.7 Å². The van der Waals surface area contributed by atoms with Crippen molar-refractivity contribution in [2.75, 3.05) is 5.32 Å². The molecule has 0 atom stereocenters. The van der Waals surface area contributed by atoms with Crippen molar-refractivity contribution in [3.05, 3.63) is 41.2 Å². The van der Waals surface area contributed by atoms with Crippen molar-refractivity contribution in [1.82, 2.24) is 15.3 Å². The number of carbonyl (C=O) groups is 2. The second-order valence-electron chi connectivity index (χ2n) is 3.50. The first-order valence-corrected chi connectivity index (χ1v) is 6.15. The molecule has 0 saturated carbocycles. The molecule has 0 unspecified atom stereocenters. The predicted molar refractivity (Wildman–Crippen MR) is 69.2 cm³/mol. The van der Waals surface area contributed by atoms with Gasteiger partial charge in [-0.25, -0.2) is 19.6 Å². The van der Waals surface area contributed by atoms with Gasteiger partial charge in [0.25, 0.3) is 0 Å². The standard InChI is InChI=1S/C11H10N4O3S/c16-9(17)8-2-1-7(5-13-8)6-14-10(18)15-11-12-3-4-19-11/h1-5H,6H2,(H,16,17)(H2,12,14,15,18). The zero-order valence-electron chi connectivity index (χ0n) is 9.66. The first-order valence-electron chi connectivity index (χ1n) is 5.28. The van der Waals surface area contributed by atoms with Gasteiger partial charge < -0.3 is 10.4 Å². The van der Waals surface area contributed by atoms with Crippen molar-refractivity contribution >= 4 is 28.5 Å². The Labute approximate surface area is 112 Å². The highest BCUT2D eigenvalue weighted by Gasteiger charge is 2.05. The summed E-state index contributed by atoms with van der Waals surface area (Å²) in [6.45, 7) is 0.254. The lowest BCUT2D eigenvalue weighted by Gasteiger charge is -2.05. The van der Waals surface area contributed by atoms with Crippen LogP contribution in [-0.2, 0) is 6.54 Å². The first-order chi connectivity index (χ1) is 9.15. The van der Waals surface area contributed by atoms with Gasteiger partial charge in [-0.3, -0.25) is 5.32 Å². The predicted octanol–water partition coefficient (Wildman–Crippen LogP) is 1.56. The maximum Gasteiger partial charge on any atom is 0.354 e. The molecule has 0 aliphatic carbocycles. The summed E-state index contributed by atoms with van der Waals surface area (Å²) < 4.78 is 0. The van der Waals surface area contributed by atoms with Crippen LogP contribution in [0.3, 0.4) is 0 Å². The van der Waals surface area contributed by atoms with Crippen LogP contribution < -0.4 is 10.6 Å². The lowest BCUT2D eigenvalue weighted by Crippen LogP contribution is -2.28. The molecule has 0 aliphatic heterocycles. The fourth-order valence-corrected chi connectivity index (χ4v) is 1.79. The van der Waals surface area contributed by atoms with Gasteiger partial charge in [0.05, 0.1) is 0 Å². The highest BCUT2D eigenvalue weighted by atomic mass is 32.1. The fourth-order valence-electron chi connectivity index (χ4n) is 1.26. The number of urea groups is 1. The molecule has 3 N–H and O–H groups in total. The lowest BCUT2D eigenvalue weighted by molar-refractivity contribution is 0.0690. The number of aromatic carboxylic acids is 1. The van der Waals surface area contributed by atoms with Crippen LogP contribution in [0, 0.1) is 0 Å². The summed E-state index contributed by atoms with van der Waals surface area (Å²) >= 11 is 1.32. The molecule has 7 nitrogen and oxygen atoms in total. The van der Waals surface area contributed by atoms with Crippen LogP contribution in [0.1, 0.15) is 16.1 Å². The van der Waals surface area contributed by atoms with Gasteiger partial charge in [0, 0.05) is 24.3 Å². The second kappa shape index (κ2) is 5.91. The molecular formula is C11H10N4O3S. The van der Waals surface area contributed by atoms with Crippen molar-refractivity contribution in [3.63, 3.8) is 0 Å². The Morgan fingerprint density at radius 3 is 2.74 bits per heavy atom. The first kappa shape index (κ1) is 13.0. The molecule has 0 bridgehead atoms. The molecule has 0 radical (unpaired) electrons. The number of hydrogen-bond acceptors (Lipinski definition) is 5. The Hall–Kier alpha value is -2.48. The van der Waals surface area contributed by atoms with Gasteiger partial charge in [-0.15, -0.1) is 11.3 Å². The third-order valence-electron chi connectivity index (χ3n) is 2.15. The average molecular weight is 278 g/mol. The summed E-state index contributed by atoms with van der Waals surface area (Å²) in [5.41, 5.74) is 0.676. The maximum absolute atomic E-state index is 11.5. The SMILES string of the molecule is O=C(NCc1ccc(C(=O)O)nc1)Nc1nccs1. The molecule has 19 heavy (non-hydrogen) atoms. The molecule has 2 heterocycles. The van der Waals surface area contributed by atoms with Crippen LogP contribution in [0.15, 0.2) is 29.9 Å². The number of carboxylic acids is 1. The topological polar surface area (TPSA) is 104 Å². The van der Waals surface area contributed by atoms with E-state index in [9.17, 15) is 9.59 Å². The minimum Gasteiger partial charge on any atom is -0.477 e. The Morgan fingerprint density at radius 2 is 2.16 bits per heavy atom. The molecule has 2 rings (SSSR count). The normalized spacial score (nSPS) is 9.89. The molecule has 0 aliphatic rings. The van der Waals surface area contributed by atoms with Gasteiger partial charge in [0.15, 0.2) is 5.13 Å². The monoisotopic (exact) mass is 278 g/mol. The van der Waals surface area contributed by atoms with Crippen LogP contribution in [0.25, 0.3) is 0 Å². The van der Waals surface area contributed by atoms with Crippen LogP contribution in [0.4, 0.5) is 9.93 Å². The van der Waals surface area contributed by atoms with E-state index in [2.05, 4.69) is 20.6 Å². The Kier molecular flexibility index (Phi) is 4.04. The Bertz CT molecular complexity index is 568. The number of carbonyl (C=O) groups excluding carboxylic acids is 1. The van der Waals surface area contributed by atoms with E-state index >= 15 is 0 Å². The molecule has 2 aromatic rings. The van der Waals surface area contributed by atoms with Crippen molar-refractivity contribution in [2.24, 2.45) is 0 Å². The van der Waals surface area contributed by atoms with Gasteiger partial charge in [0.2, 0.25) is 0 Å². The molecule has 0 spiro atoms. The third kappa shape index (κ3) is 3.75. The summed E-state index contributed by atoms with van der Waals surface area (Å²) in [6, 6.07) is 2.61. The van der Waals surface area contributed by atoms with Crippen molar-refractivity contribution in [1.29, 1.82) is 0 Å². The molecule has 2 amide bonds. The largest absolute Gasteiger partial charge is 0.477 e.